The maximum Gasteiger partial charge on any atom is 0.206 e. The highest BCUT2D eigenvalue weighted by Crippen LogP contribution is 2.35. The molecule has 0 atom stereocenters. The van der Waals surface area contributed by atoms with Gasteiger partial charge in [-0.25, -0.2) is 9.97 Å². The summed E-state index contributed by atoms with van der Waals surface area (Å²) in [5, 5.41) is 1.53. The van der Waals surface area contributed by atoms with Gasteiger partial charge < -0.3 is 18.9 Å². The smallest absolute Gasteiger partial charge is 0.206 e. The summed E-state index contributed by atoms with van der Waals surface area (Å²) in [6, 6.07) is 31.8. The molecule has 6 aromatic rings. The molecule has 4 heterocycles. The van der Waals surface area contributed by atoms with E-state index >= 15 is 0 Å². The molecule has 228 valence electrons. The Balaban J connectivity index is 1.07. The Morgan fingerprint density at radius 2 is 1.11 bits per heavy atom. The zero-order chi connectivity index (χ0) is 30.3. The van der Waals surface area contributed by atoms with Crippen molar-refractivity contribution in [1.82, 2.24) is 19.1 Å². The Kier molecular flexibility index (Phi) is 7.64. The van der Waals surface area contributed by atoms with Crippen LogP contribution in [0.1, 0.15) is 48.3 Å². The summed E-state index contributed by atoms with van der Waals surface area (Å²) < 4.78 is 4.78. The van der Waals surface area contributed by atoms with Gasteiger partial charge >= 0.3 is 0 Å². The van der Waals surface area contributed by atoms with Gasteiger partial charge in [-0.05, 0) is 96.8 Å². The fraction of sp³-hybridized carbons (Fsp3) is 0.297. The van der Waals surface area contributed by atoms with Crippen LogP contribution in [0.5, 0.6) is 0 Å². The first-order valence-electron chi connectivity index (χ1n) is 16.0. The molecule has 8 heteroatoms. The van der Waals surface area contributed by atoms with E-state index in [-0.39, 0.29) is 0 Å². The highest BCUT2D eigenvalue weighted by molar-refractivity contribution is 6.30. The molecule has 0 bridgehead atoms. The van der Waals surface area contributed by atoms with E-state index in [0.717, 1.165) is 90.6 Å². The Bertz CT molecular complexity index is 1950. The molecule has 2 saturated heterocycles. The lowest BCUT2D eigenvalue weighted by molar-refractivity contribution is 0.495. The number of fused-ring (bicyclic) bond motifs is 2. The number of nitrogens with zero attached hydrogens (tertiary/aromatic N) is 6. The molecule has 6 nitrogen and oxygen atoms in total. The second kappa shape index (κ2) is 12.1. The molecule has 0 saturated carbocycles. The SMILES string of the molecule is Clc1ccc(Cn2c(N3CCCC3)nc3ccc(C4CCN(c5nc6ccccc6n5Cc5ccc(Cl)cc5)CC4)cc32)cc1. The molecule has 0 aliphatic carbocycles. The van der Waals surface area contributed by atoms with Crippen LogP contribution in [0.3, 0.4) is 0 Å². The van der Waals surface area contributed by atoms with E-state index in [1.165, 1.54) is 35.0 Å². The van der Waals surface area contributed by atoms with Gasteiger partial charge in [-0.2, -0.15) is 0 Å². The number of rotatable bonds is 7. The van der Waals surface area contributed by atoms with Crippen LogP contribution < -0.4 is 9.80 Å². The van der Waals surface area contributed by atoms with Gasteiger partial charge in [-0.1, -0.05) is 65.7 Å². The van der Waals surface area contributed by atoms with Crippen molar-refractivity contribution < 1.29 is 0 Å². The molecule has 0 spiro atoms. The molecule has 8 rings (SSSR count). The maximum atomic E-state index is 6.21. The monoisotopic (exact) mass is 634 g/mol. The van der Waals surface area contributed by atoms with Crippen molar-refractivity contribution >= 4 is 57.2 Å². The molecule has 0 N–H and O–H groups in total. The number of aromatic nitrogens is 4. The first-order valence-corrected chi connectivity index (χ1v) is 16.8. The molecule has 2 fully saturated rings. The summed E-state index contributed by atoms with van der Waals surface area (Å²) >= 11 is 12.4. The summed E-state index contributed by atoms with van der Waals surface area (Å²) in [5.74, 6) is 2.63. The van der Waals surface area contributed by atoms with Crippen molar-refractivity contribution in [3.05, 3.63) is 118 Å². The normalized spacial score (nSPS) is 16.0. The molecule has 0 unspecified atom stereocenters. The van der Waals surface area contributed by atoms with E-state index < -0.39 is 0 Å². The van der Waals surface area contributed by atoms with Gasteiger partial charge in [-0.15, -0.1) is 0 Å². The van der Waals surface area contributed by atoms with Gasteiger partial charge in [0.05, 0.1) is 35.2 Å². The number of piperidine rings is 1. The third-order valence-corrected chi connectivity index (χ3v) is 10.0. The molecule has 2 aromatic heterocycles. The Morgan fingerprint density at radius 3 is 1.73 bits per heavy atom. The number of hydrogen-bond acceptors (Lipinski definition) is 4. The molecule has 2 aliphatic heterocycles. The standard InChI is InChI=1S/C37H36Cl2N6/c38-30-12-7-26(8-13-30)24-44-34-6-2-1-5-32(34)40-37(44)43-21-17-28(18-22-43)29-11-16-33-35(23-29)45(25-27-9-14-31(39)15-10-27)36(41-33)42-19-3-4-20-42/h1-2,5-16,23,28H,3-4,17-22,24-25H2. The highest BCUT2D eigenvalue weighted by atomic mass is 35.5. The quantitative estimate of drug-likeness (QED) is 0.176. The Hall–Kier alpha value is -4.00. The number of para-hydroxylation sites is 2. The van der Waals surface area contributed by atoms with Crippen LogP contribution in [0.2, 0.25) is 10.0 Å². The van der Waals surface area contributed by atoms with Gasteiger partial charge in [-0.3, -0.25) is 0 Å². The van der Waals surface area contributed by atoms with Gasteiger partial charge in [0.25, 0.3) is 0 Å². The minimum absolute atomic E-state index is 0.494. The maximum absolute atomic E-state index is 6.21. The average Bonchev–Trinajstić information content (AvgIpc) is 3.82. The van der Waals surface area contributed by atoms with E-state index in [0.29, 0.717) is 5.92 Å². The zero-order valence-electron chi connectivity index (χ0n) is 25.2. The Morgan fingerprint density at radius 1 is 0.578 bits per heavy atom. The largest absolute Gasteiger partial charge is 0.342 e. The van der Waals surface area contributed by atoms with Crippen molar-refractivity contribution in [1.29, 1.82) is 0 Å². The summed E-state index contributed by atoms with van der Waals surface area (Å²) in [4.78, 5) is 15.2. The van der Waals surface area contributed by atoms with E-state index in [1.54, 1.807) is 0 Å². The van der Waals surface area contributed by atoms with E-state index in [4.69, 9.17) is 33.2 Å². The minimum atomic E-state index is 0.494. The van der Waals surface area contributed by atoms with Crippen molar-refractivity contribution in [3.8, 4) is 0 Å². The third kappa shape index (κ3) is 5.66. The van der Waals surface area contributed by atoms with Crippen LogP contribution >= 0.6 is 23.2 Å². The Labute approximate surface area is 273 Å². The summed E-state index contributed by atoms with van der Waals surface area (Å²) in [6.07, 6.45) is 4.61. The van der Waals surface area contributed by atoms with Crippen LogP contribution in [0.4, 0.5) is 11.9 Å². The molecule has 45 heavy (non-hydrogen) atoms. The number of halogens is 2. The molecule has 0 radical (unpaired) electrons. The highest BCUT2D eigenvalue weighted by Gasteiger charge is 2.26. The summed E-state index contributed by atoms with van der Waals surface area (Å²) in [7, 11) is 0. The molecule has 4 aromatic carbocycles. The first kappa shape index (κ1) is 28.5. The van der Waals surface area contributed by atoms with Crippen molar-refractivity contribution in [2.75, 3.05) is 36.0 Å². The van der Waals surface area contributed by atoms with Gasteiger partial charge in [0, 0.05) is 36.2 Å². The summed E-state index contributed by atoms with van der Waals surface area (Å²) in [6.45, 7) is 5.62. The predicted molar refractivity (Wildman–Crippen MR) is 186 cm³/mol. The predicted octanol–water partition coefficient (Wildman–Crippen LogP) is 8.77. The lowest BCUT2D eigenvalue weighted by Gasteiger charge is -2.33. The van der Waals surface area contributed by atoms with Crippen molar-refractivity contribution in [3.63, 3.8) is 0 Å². The van der Waals surface area contributed by atoms with E-state index in [2.05, 4.69) is 85.7 Å². The third-order valence-electron chi connectivity index (χ3n) is 9.53. The molecular formula is C37H36Cl2N6. The molecule has 2 aliphatic rings. The number of anilines is 2. The van der Waals surface area contributed by atoms with Gasteiger partial charge in [0.2, 0.25) is 11.9 Å². The summed E-state index contributed by atoms with van der Waals surface area (Å²) in [5.41, 5.74) is 8.35. The second-order valence-electron chi connectivity index (χ2n) is 12.4. The lowest BCUT2D eigenvalue weighted by atomic mass is 9.89. The topological polar surface area (TPSA) is 42.1 Å². The van der Waals surface area contributed by atoms with Gasteiger partial charge in [0.1, 0.15) is 0 Å². The molecular weight excluding hydrogens is 599 g/mol. The molecule has 0 amide bonds. The number of benzene rings is 4. The number of imidazole rings is 2. The van der Waals surface area contributed by atoms with Gasteiger partial charge in [0.15, 0.2) is 0 Å². The number of hydrogen-bond donors (Lipinski definition) is 0. The van der Waals surface area contributed by atoms with Crippen molar-refractivity contribution in [2.45, 2.75) is 44.7 Å². The van der Waals surface area contributed by atoms with E-state index in [9.17, 15) is 0 Å². The van der Waals surface area contributed by atoms with Crippen LogP contribution in [-0.4, -0.2) is 45.3 Å². The fourth-order valence-electron chi connectivity index (χ4n) is 7.11. The minimum Gasteiger partial charge on any atom is -0.342 e. The van der Waals surface area contributed by atoms with Crippen LogP contribution in [0.25, 0.3) is 22.1 Å². The van der Waals surface area contributed by atoms with Crippen LogP contribution in [-0.2, 0) is 13.1 Å². The average molecular weight is 636 g/mol. The fourth-order valence-corrected chi connectivity index (χ4v) is 7.37. The van der Waals surface area contributed by atoms with Crippen molar-refractivity contribution in [2.24, 2.45) is 0 Å². The van der Waals surface area contributed by atoms with Crippen LogP contribution in [0, 0.1) is 0 Å². The second-order valence-corrected chi connectivity index (χ2v) is 13.3. The zero-order valence-corrected chi connectivity index (χ0v) is 26.8. The first-order chi connectivity index (χ1) is 22.1. The lowest BCUT2D eigenvalue weighted by Crippen LogP contribution is -2.35. The van der Waals surface area contributed by atoms with Crippen LogP contribution in [0.15, 0.2) is 91.0 Å². The van der Waals surface area contributed by atoms with E-state index in [1.807, 2.05) is 24.3 Å².